The molecule has 118 valence electrons. The van der Waals surface area contributed by atoms with Crippen molar-refractivity contribution in [1.29, 1.82) is 0 Å². The lowest BCUT2D eigenvalue weighted by molar-refractivity contribution is 0.242. The Bertz CT molecular complexity index is 558. The van der Waals surface area contributed by atoms with Crippen LogP contribution in [0.15, 0.2) is 29.2 Å². The van der Waals surface area contributed by atoms with Crippen molar-refractivity contribution >= 4 is 10.0 Å². The summed E-state index contributed by atoms with van der Waals surface area (Å²) in [5, 5.41) is 3.31. The van der Waals surface area contributed by atoms with Crippen LogP contribution in [-0.4, -0.2) is 37.9 Å². The standard InChI is InChI=1S/C15H23FN2O2S/c1-12(2)17-11-14-5-3-4-10-18(14)21(19,20)15-8-6-13(16)7-9-15/h6-9,12,14,17H,3-5,10-11H2,1-2H3. The SMILES string of the molecule is CC(C)NCC1CCCCN1S(=O)(=O)c1ccc(F)cc1. The molecular weight excluding hydrogens is 291 g/mol. The van der Waals surface area contributed by atoms with Gasteiger partial charge in [0, 0.05) is 25.2 Å². The van der Waals surface area contributed by atoms with Gasteiger partial charge < -0.3 is 5.32 Å². The summed E-state index contributed by atoms with van der Waals surface area (Å²) in [5.74, 6) is -0.425. The Labute approximate surface area is 126 Å². The molecule has 1 unspecified atom stereocenters. The average Bonchev–Trinajstić information content (AvgIpc) is 2.46. The van der Waals surface area contributed by atoms with Crippen LogP contribution in [0.4, 0.5) is 4.39 Å². The zero-order valence-corrected chi connectivity index (χ0v) is 13.4. The van der Waals surface area contributed by atoms with Gasteiger partial charge in [-0.05, 0) is 37.1 Å². The molecule has 1 heterocycles. The maximum atomic E-state index is 13.0. The zero-order valence-electron chi connectivity index (χ0n) is 12.5. The molecule has 0 saturated carbocycles. The van der Waals surface area contributed by atoms with E-state index in [1.54, 1.807) is 4.31 Å². The molecule has 6 heteroatoms. The Kier molecular flexibility index (Phi) is 5.35. The average molecular weight is 314 g/mol. The highest BCUT2D eigenvalue weighted by atomic mass is 32.2. The predicted molar refractivity (Wildman–Crippen MR) is 81.1 cm³/mol. The van der Waals surface area contributed by atoms with Gasteiger partial charge in [0.05, 0.1) is 4.90 Å². The molecule has 0 radical (unpaired) electrons. The van der Waals surface area contributed by atoms with Crippen molar-refractivity contribution in [1.82, 2.24) is 9.62 Å². The molecule has 2 rings (SSSR count). The van der Waals surface area contributed by atoms with Gasteiger partial charge in [-0.1, -0.05) is 20.3 Å². The van der Waals surface area contributed by atoms with Crippen LogP contribution in [0.2, 0.25) is 0 Å². The summed E-state index contributed by atoms with van der Waals surface area (Å²) in [6, 6.07) is 5.35. The molecule has 21 heavy (non-hydrogen) atoms. The van der Waals surface area contributed by atoms with Crippen LogP contribution >= 0.6 is 0 Å². The van der Waals surface area contributed by atoms with Crippen molar-refractivity contribution in [3.63, 3.8) is 0 Å². The lowest BCUT2D eigenvalue weighted by atomic mass is 10.0. The van der Waals surface area contributed by atoms with Crippen LogP contribution in [0.1, 0.15) is 33.1 Å². The van der Waals surface area contributed by atoms with Crippen molar-refractivity contribution in [2.45, 2.75) is 50.1 Å². The number of benzene rings is 1. The van der Waals surface area contributed by atoms with Gasteiger partial charge in [0.25, 0.3) is 0 Å². The molecule has 1 atom stereocenters. The molecule has 4 nitrogen and oxygen atoms in total. The highest BCUT2D eigenvalue weighted by Crippen LogP contribution is 2.25. The van der Waals surface area contributed by atoms with E-state index in [0.717, 1.165) is 19.3 Å². The molecular formula is C15H23FN2O2S. The molecule has 1 saturated heterocycles. The second-order valence-electron chi connectivity index (χ2n) is 5.78. The fourth-order valence-electron chi connectivity index (χ4n) is 2.61. The Morgan fingerprint density at radius 3 is 2.57 bits per heavy atom. The number of sulfonamides is 1. The van der Waals surface area contributed by atoms with Gasteiger partial charge in [-0.15, -0.1) is 0 Å². The summed E-state index contributed by atoms with van der Waals surface area (Å²) in [5.41, 5.74) is 0. The third-order valence-electron chi connectivity index (χ3n) is 3.76. The van der Waals surface area contributed by atoms with E-state index in [2.05, 4.69) is 5.32 Å². The summed E-state index contributed by atoms with van der Waals surface area (Å²) in [6.07, 6.45) is 2.78. The quantitative estimate of drug-likeness (QED) is 0.908. The van der Waals surface area contributed by atoms with Crippen molar-refractivity contribution in [3.8, 4) is 0 Å². The van der Waals surface area contributed by atoms with Crippen LogP contribution in [0, 0.1) is 5.82 Å². The van der Waals surface area contributed by atoms with E-state index in [1.807, 2.05) is 13.8 Å². The van der Waals surface area contributed by atoms with Crippen molar-refractivity contribution in [3.05, 3.63) is 30.1 Å². The number of hydrogen-bond donors (Lipinski definition) is 1. The first-order valence-corrected chi connectivity index (χ1v) is 8.86. The molecule has 1 aromatic carbocycles. The lowest BCUT2D eigenvalue weighted by Crippen LogP contribution is -2.49. The van der Waals surface area contributed by atoms with Crippen LogP contribution < -0.4 is 5.32 Å². The largest absolute Gasteiger partial charge is 0.313 e. The van der Waals surface area contributed by atoms with Gasteiger partial charge in [0.15, 0.2) is 0 Å². The lowest BCUT2D eigenvalue weighted by Gasteiger charge is -2.35. The van der Waals surface area contributed by atoms with E-state index in [4.69, 9.17) is 0 Å². The molecule has 1 fully saturated rings. The van der Waals surface area contributed by atoms with Crippen LogP contribution in [0.5, 0.6) is 0 Å². The smallest absolute Gasteiger partial charge is 0.243 e. The Morgan fingerprint density at radius 1 is 1.29 bits per heavy atom. The fraction of sp³-hybridized carbons (Fsp3) is 0.600. The predicted octanol–water partition coefficient (Wildman–Crippen LogP) is 2.37. The number of halogens is 1. The van der Waals surface area contributed by atoms with E-state index in [-0.39, 0.29) is 10.9 Å². The van der Waals surface area contributed by atoms with E-state index >= 15 is 0 Å². The van der Waals surface area contributed by atoms with E-state index in [1.165, 1.54) is 24.3 Å². The minimum absolute atomic E-state index is 0.0313. The zero-order chi connectivity index (χ0) is 15.5. The number of nitrogens with zero attached hydrogens (tertiary/aromatic N) is 1. The van der Waals surface area contributed by atoms with Crippen LogP contribution in [-0.2, 0) is 10.0 Å². The molecule has 0 aromatic heterocycles. The second kappa shape index (κ2) is 6.85. The van der Waals surface area contributed by atoms with Gasteiger partial charge in [-0.25, -0.2) is 12.8 Å². The van der Waals surface area contributed by atoms with Gasteiger partial charge in [-0.2, -0.15) is 4.31 Å². The normalized spacial score (nSPS) is 20.9. The topological polar surface area (TPSA) is 49.4 Å². The fourth-order valence-corrected chi connectivity index (χ4v) is 4.30. The highest BCUT2D eigenvalue weighted by Gasteiger charge is 2.33. The Hall–Kier alpha value is -0.980. The first-order chi connectivity index (χ1) is 9.91. The van der Waals surface area contributed by atoms with Crippen molar-refractivity contribution in [2.24, 2.45) is 0 Å². The molecule has 1 aliphatic heterocycles. The third kappa shape index (κ3) is 4.02. The van der Waals surface area contributed by atoms with E-state index < -0.39 is 15.8 Å². The first-order valence-electron chi connectivity index (χ1n) is 7.42. The molecule has 0 bridgehead atoms. The first kappa shape index (κ1) is 16.4. The van der Waals surface area contributed by atoms with Gasteiger partial charge in [-0.3, -0.25) is 0 Å². The molecule has 0 aliphatic carbocycles. The maximum Gasteiger partial charge on any atom is 0.243 e. The van der Waals surface area contributed by atoms with Gasteiger partial charge in [0.2, 0.25) is 10.0 Å². The minimum atomic E-state index is -3.55. The monoisotopic (exact) mass is 314 g/mol. The third-order valence-corrected chi connectivity index (χ3v) is 5.72. The summed E-state index contributed by atoms with van der Waals surface area (Å²) in [6.45, 7) is 5.27. The molecule has 1 N–H and O–H groups in total. The molecule has 1 aromatic rings. The van der Waals surface area contributed by atoms with Crippen molar-refractivity contribution in [2.75, 3.05) is 13.1 Å². The molecule has 0 spiro atoms. The number of piperidine rings is 1. The van der Waals surface area contributed by atoms with Gasteiger partial charge >= 0.3 is 0 Å². The number of nitrogens with one attached hydrogen (secondary N) is 1. The number of hydrogen-bond acceptors (Lipinski definition) is 3. The van der Waals surface area contributed by atoms with Crippen LogP contribution in [0.3, 0.4) is 0 Å². The summed E-state index contributed by atoms with van der Waals surface area (Å²) in [4.78, 5) is 0.167. The van der Waals surface area contributed by atoms with Crippen molar-refractivity contribution < 1.29 is 12.8 Å². The summed E-state index contributed by atoms with van der Waals surface area (Å²) >= 11 is 0. The second-order valence-corrected chi connectivity index (χ2v) is 7.67. The highest BCUT2D eigenvalue weighted by molar-refractivity contribution is 7.89. The summed E-state index contributed by atoms with van der Waals surface area (Å²) in [7, 11) is -3.55. The summed E-state index contributed by atoms with van der Waals surface area (Å²) < 4.78 is 40.0. The minimum Gasteiger partial charge on any atom is -0.313 e. The Morgan fingerprint density at radius 2 is 1.95 bits per heavy atom. The molecule has 1 aliphatic rings. The van der Waals surface area contributed by atoms with Crippen LogP contribution in [0.25, 0.3) is 0 Å². The maximum absolute atomic E-state index is 13.0. The Balaban J connectivity index is 2.20. The molecule has 0 amide bonds. The van der Waals surface area contributed by atoms with Gasteiger partial charge in [0.1, 0.15) is 5.82 Å². The number of rotatable bonds is 5. The van der Waals surface area contributed by atoms with E-state index in [0.29, 0.717) is 19.1 Å². The van der Waals surface area contributed by atoms with E-state index in [9.17, 15) is 12.8 Å².